The van der Waals surface area contributed by atoms with Gasteiger partial charge in [0.1, 0.15) is 5.15 Å². The minimum Gasteiger partial charge on any atom is -0.285 e. The summed E-state index contributed by atoms with van der Waals surface area (Å²) in [6.07, 6.45) is -1.95. The standard InChI is InChI=1S/C8H6ClF3N4/c1-16-7(9)5(4-2-13-14-3-4)6(15-16)8(10,11)12/h2-3H,1H3,(H,13,14). The smallest absolute Gasteiger partial charge is 0.285 e. The highest BCUT2D eigenvalue weighted by Gasteiger charge is 2.39. The molecule has 86 valence electrons. The normalized spacial score (nSPS) is 12.1. The summed E-state index contributed by atoms with van der Waals surface area (Å²) in [5.74, 6) is 0. The second-order valence-electron chi connectivity index (χ2n) is 3.12. The topological polar surface area (TPSA) is 46.5 Å². The van der Waals surface area contributed by atoms with Crippen LogP contribution in [0.15, 0.2) is 12.4 Å². The molecular formula is C8H6ClF3N4. The fraction of sp³-hybridized carbons (Fsp3) is 0.250. The molecular weight excluding hydrogens is 245 g/mol. The van der Waals surface area contributed by atoms with Crippen LogP contribution in [0, 0.1) is 0 Å². The van der Waals surface area contributed by atoms with E-state index in [4.69, 9.17) is 11.6 Å². The van der Waals surface area contributed by atoms with E-state index in [0.717, 1.165) is 4.68 Å². The lowest BCUT2D eigenvalue weighted by atomic mass is 10.1. The third kappa shape index (κ3) is 1.67. The molecule has 2 aromatic rings. The first-order valence-corrected chi connectivity index (χ1v) is 4.58. The van der Waals surface area contributed by atoms with Crippen LogP contribution in [0.2, 0.25) is 5.15 Å². The number of alkyl halides is 3. The Hall–Kier alpha value is -1.50. The van der Waals surface area contributed by atoms with Crippen LogP contribution in [0.1, 0.15) is 5.69 Å². The summed E-state index contributed by atoms with van der Waals surface area (Å²) in [6.45, 7) is 0. The fourth-order valence-corrected chi connectivity index (χ4v) is 1.58. The Balaban J connectivity index is 2.68. The summed E-state index contributed by atoms with van der Waals surface area (Å²) in [5, 5.41) is 9.29. The SMILES string of the molecule is Cn1nc(C(F)(F)F)c(-c2cn[nH]c2)c1Cl. The van der Waals surface area contributed by atoms with Gasteiger partial charge in [0.2, 0.25) is 0 Å². The molecule has 0 amide bonds. The number of hydrogen-bond acceptors (Lipinski definition) is 2. The molecule has 0 spiro atoms. The van der Waals surface area contributed by atoms with Crippen molar-refractivity contribution < 1.29 is 13.2 Å². The Bertz CT molecular complexity index is 500. The van der Waals surface area contributed by atoms with Gasteiger partial charge in [-0.25, -0.2) is 0 Å². The number of halogens is 4. The van der Waals surface area contributed by atoms with Gasteiger partial charge in [0.05, 0.1) is 11.8 Å². The van der Waals surface area contributed by atoms with Crippen molar-refractivity contribution in [1.82, 2.24) is 20.0 Å². The van der Waals surface area contributed by atoms with Crippen LogP contribution in [0.25, 0.3) is 11.1 Å². The van der Waals surface area contributed by atoms with Gasteiger partial charge in [-0.3, -0.25) is 9.78 Å². The maximum atomic E-state index is 12.7. The molecule has 0 aliphatic carbocycles. The molecule has 2 heterocycles. The first kappa shape index (κ1) is 11.0. The van der Waals surface area contributed by atoms with Gasteiger partial charge in [0.25, 0.3) is 0 Å². The van der Waals surface area contributed by atoms with Gasteiger partial charge in [0.15, 0.2) is 5.69 Å². The van der Waals surface area contributed by atoms with Crippen LogP contribution < -0.4 is 0 Å². The monoisotopic (exact) mass is 250 g/mol. The maximum Gasteiger partial charge on any atom is 0.435 e. The Kier molecular flexibility index (Phi) is 2.42. The number of hydrogen-bond donors (Lipinski definition) is 1. The van der Waals surface area contributed by atoms with E-state index in [2.05, 4.69) is 15.3 Å². The van der Waals surface area contributed by atoms with E-state index >= 15 is 0 Å². The van der Waals surface area contributed by atoms with Crippen LogP contribution in [-0.4, -0.2) is 20.0 Å². The molecule has 1 N–H and O–H groups in total. The van der Waals surface area contributed by atoms with E-state index in [9.17, 15) is 13.2 Å². The van der Waals surface area contributed by atoms with E-state index < -0.39 is 11.9 Å². The highest BCUT2D eigenvalue weighted by atomic mass is 35.5. The number of aromatic nitrogens is 4. The molecule has 0 atom stereocenters. The van der Waals surface area contributed by atoms with E-state index in [1.54, 1.807) is 0 Å². The molecule has 0 unspecified atom stereocenters. The second kappa shape index (κ2) is 3.51. The predicted molar refractivity (Wildman–Crippen MR) is 50.8 cm³/mol. The third-order valence-electron chi connectivity index (χ3n) is 2.03. The summed E-state index contributed by atoms with van der Waals surface area (Å²) in [4.78, 5) is 0. The maximum absolute atomic E-state index is 12.7. The quantitative estimate of drug-likeness (QED) is 0.845. The van der Waals surface area contributed by atoms with Crippen molar-refractivity contribution in [3.05, 3.63) is 23.2 Å². The molecule has 2 rings (SSSR count). The molecule has 0 radical (unpaired) electrons. The number of rotatable bonds is 1. The summed E-state index contributed by atoms with van der Waals surface area (Å²) >= 11 is 5.77. The zero-order chi connectivity index (χ0) is 11.9. The van der Waals surface area contributed by atoms with Crippen LogP contribution in [0.4, 0.5) is 13.2 Å². The van der Waals surface area contributed by atoms with E-state index in [-0.39, 0.29) is 16.3 Å². The Labute approximate surface area is 93.0 Å². The zero-order valence-corrected chi connectivity index (χ0v) is 8.76. The fourth-order valence-electron chi connectivity index (χ4n) is 1.35. The average molecular weight is 251 g/mol. The van der Waals surface area contributed by atoms with E-state index in [1.807, 2.05) is 0 Å². The van der Waals surface area contributed by atoms with Gasteiger partial charge in [-0.15, -0.1) is 0 Å². The molecule has 0 fully saturated rings. The van der Waals surface area contributed by atoms with Crippen molar-refractivity contribution in [2.45, 2.75) is 6.18 Å². The van der Waals surface area contributed by atoms with Crippen molar-refractivity contribution in [3.8, 4) is 11.1 Å². The van der Waals surface area contributed by atoms with Crippen LogP contribution in [0.5, 0.6) is 0 Å². The lowest BCUT2D eigenvalue weighted by Crippen LogP contribution is -2.08. The summed E-state index contributed by atoms with van der Waals surface area (Å²) in [5.41, 5.74) is -0.919. The van der Waals surface area contributed by atoms with Crippen LogP contribution in [-0.2, 0) is 13.2 Å². The Morgan fingerprint density at radius 2 is 2.12 bits per heavy atom. The van der Waals surface area contributed by atoms with Crippen molar-refractivity contribution >= 4 is 11.6 Å². The van der Waals surface area contributed by atoms with Crippen molar-refractivity contribution in [1.29, 1.82) is 0 Å². The van der Waals surface area contributed by atoms with Crippen LogP contribution in [0.3, 0.4) is 0 Å². The number of nitrogens with one attached hydrogen (secondary N) is 1. The molecule has 4 nitrogen and oxygen atoms in total. The molecule has 0 saturated heterocycles. The summed E-state index contributed by atoms with van der Waals surface area (Å²) in [7, 11) is 1.35. The van der Waals surface area contributed by atoms with E-state index in [0.29, 0.717) is 0 Å². The minimum atomic E-state index is -4.54. The lowest BCUT2D eigenvalue weighted by molar-refractivity contribution is -0.140. The first-order chi connectivity index (χ1) is 7.41. The molecule has 8 heteroatoms. The number of aromatic amines is 1. The van der Waals surface area contributed by atoms with Gasteiger partial charge >= 0.3 is 6.18 Å². The van der Waals surface area contributed by atoms with Gasteiger partial charge in [-0.05, 0) is 0 Å². The van der Waals surface area contributed by atoms with E-state index in [1.165, 1.54) is 19.4 Å². The average Bonchev–Trinajstić information content (AvgIpc) is 2.75. The minimum absolute atomic E-state index is 0.0753. The Morgan fingerprint density at radius 3 is 2.62 bits per heavy atom. The third-order valence-corrected chi connectivity index (χ3v) is 2.47. The van der Waals surface area contributed by atoms with Gasteiger partial charge in [0, 0.05) is 18.8 Å². The largest absolute Gasteiger partial charge is 0.435 e. The van der Waals surface area contributed by atoms with Crippen molar-refractivity contribution in [2.75, 3.05) is 0 Å². The molecule has 0 aromatic carbocycles. The Morgan fingerprint density at radius 1 is 1.44 bits per heavy atom. The summed E-state index contributed by atoms with van der Waals surface area (Å²) < 4.78 is 39.0. The van der Waals surface area contributed by atoms with Gasteiger partial charge < -0.3 is 0 Å². The highest BCUT2D eigenvalue weighted by molar-refractivity contribution is 6.32. The first-order valence-electron chi connectivity index (χ1n) is 4.20. The number of aryl methyl sites for hydroxylation is 1. The number of H-pyrrole nitrogens is 1. The van der Waals surface area contributed by atoms with Crippen LogP contribution >= 0.6 is 11.6 Å². The molecule has 16 heavy (non-hydrogen) atoms. The predicted octanol–water partition coefficient (Wildman–Crippen LogP) is 2.48. The molecule has 0 aliphatic heterocycles. The molecule has 2 aromatic heterocycles. The zero-order valence-electron chi connectivity index (χ0n) is 8.01. The van der Waals surface area contributed by atoms with Gasteiger partial charge in [-0.2, -0.15) is 23.4 Å². The van der Waals surface area contributed by atoms with Gasteiger partial charge in [-0.1, -0.05) is 11.6 Å². The lowest BCUT2D eigenvalue weighted by Gasteiger charge is -2.04. The van der Waals surface area contributed by atoms with Crippen molar-refractivity contribution in [3.63, 3.8) is 0 Å². The highest BCUT2D eigenvalue weighted by Crippen LogP contribution is 2.39. The second-order valence-corrected chi connectivity index (χ2v) is 3.48. The molecule has 0 aliphatic rings. The summed E-state index contributed by atoms with van der Waals surface area (Å²) in [6, 6.07) is 0. The molecule has 0 bridgehead atoms. The molecule has 0 saturated carbocycles. The number of nitrogens with zero attached hydrogens (tertiary/aromatic N) is 3. The van der Waals surface area contributed by atoms with Crippen molar-refractivity contribution in [2.24, 2.45) is 7.05 Å².